The maximum atomic E-state index is 12.6. The second kappa shape index (κ2) is 8.62. The van der Waals surface area contributed by atoms with Gasteiger partial charge in [0, 0.05) is 30.9 Å². The van der Waals surface area contributed by atoms with E-state index >= 15 is 0 Å². The van der Waals surface area contributed by atoms with E-state index in [4.69, 9.17) is 16.3 Å². The molecule has 0 atom stereocenters. The highest BCUT2D eigenvalue weighted by atomic mass is 35.5. The molecule has 5 nitrogen and oxygen atoms in total. The molecule has 0 unspecified atom stereocenters. The van der Waals surface area contributed by atoms with Crippen molar-refractivity contribution in [3.05, 3.63) is 52.3 Å². The molecule has 1 aliphatic heterocycles. The summed E-state index contributed by atoms with van der Waals surface area (Å²) >= 11 is 6.23. The Hall–Kier alpha value is -1.40. The van der Waals surface area contributed by atoms with Crippen molar-refractivity contribution in [3.8, 4) is 0 Å². The van der Waals surface area contributed by atoms with Gasteiger partial charge in [0.25, 0.3) is 0 Å². The zero-order valence-electron chi connectivity index (χ0n) is 13.6. The first-order valence-corrected chi connectivity index (χ1v) is 8.17. The van der Waals surface area contributed by atoms with Gasteiger partial charge in [-0.3, -0.25) is 14.4 Å². The van der Waals surface area contributed by atoms with Gasteiger partial charge in [-0.2, -0.15) is 5.10 Å². The Bertz CT molecular complexity index is 683. The summed E-state index contributed by atoms with van der Waals surface area (Å²) in [5.74, 6) is -0.0780. The fraction of sp³-hybridized carbons (Fsp3) is 0.412. The molecule has 2 heterocycles. The zero-order chi connectivity index (χ0) is 16.2. The Morgan fingerprint density at radius 1 is 1.21 bits per heavy atom. The average molecular weight is 370 g/mol. The number of rotatable bonds is 5. The molecule has 2 aromatic rings. The maximum Gasteiger partial charge on any atom is 0.198 e. The Balaban J connectivity index is 0.00000208. The summed E-state index contributed by atoms with van der Waals surface area (Å²) in [6, 6.07) is 9.17. The largest absolute Gasteiger partial charge is 0.379 e. The van der Waals surface area contributed by atoms with Crippen LogP contribution in [0.3, 0.4) is 0 Å². The van der Waals surface area contributed by atoms with Crippen molar-refractivity contribution in [3.63, 3.8) is 0 Å². The Kier molecular flexibility index (Phi) is 6.80. The van der Waals surface area contributed by atoms with Crippen LogP contribution in [0.2, 0.25) is 5.15 Å². The van der Waals surface area contributed by atoms with Gasteiger partial charge in [0.05, 0.1) is 25.3 Å². The van der Waals surface area contributed by atoms with Crippen LogP contribution in [0.5, 0.6) is 0 Å². The van der Waals surface area contributed by atoms with Crippen molar-refractivity contribution in [1.29, 1.82) is 0 Å². The van der Waals surface area contributed by atoms with Gasteiger partial charge in [0.15, 0.2) is 10.9 Å². The van der Waals surface area contributed by atoms with Gasteiger partial charge in [-0.05, 0) is 6.92 Å². The minimum absolute atomic E-state index is 0. The molecular formula is C17H21Cl2N3O2. The molecule has 1 aromatic carbocycles. The highest BCUT2D eigenvalue weighted by Crippen LogP contribution is 2.22. The van der Waals surface area contributed by atoms with Crippen LogP contribution >= 0.6 is 24.0 Å². The molecule has 1 aromatic heterocycles. The van der Waals surface area contributed by atoms with E-state index in [1.54, 1.807) is 12.1 Å². The summed E-state index contributed by atoms with van der Waals surface area (Å²) in [4.78, 5) is 15.0. The fourth-order valence-electron chi connectivity index (χ4n) is 2.78. The molecule has 24 heavy (non-hydrogen) atoms. The van der Waals surface area contributed by atoms with Gasteiger partial charge < -0.3 is 4.74 Å². The second-order valence-corrected chi connectivity index (χ2v) is 5.98. The molecule has 0 N–H and O–H groups in total. The molecule has 0 amide bonds. The third kappa shape index (κ3) is 4.16. The molecular weight excluding hydrogens is 349 g/mol. The molecule has 130 valence electrons. The number of hydrogen-bond donors (Lipinski definition) is 0. The number of aromatic nitrogens is 2. The van der Waals surface area contributed by atoms with E-state index in [2.05, 4.69) is 10.00 Å². The third-order valence-corrected chi connectivity index (χ3v) is 4.42. The first kappa shape index (κ1) is 18.9. The molecule has 1 saturated heterocycles. The number of carbonyl (C=O) groups excluding carboxylic acids is 1. The van der Waals surface area contributed by atoms with Crippen molar-refractivity contribution >= 4 is 29.8 Å². The van der Waals surface area contributed by atoms with Crippen molar-refractivity contribution in [2.24, 2.45) is 0 Å². The minimum Gasteiger partial charge on any atom is -0.379 e. The highest BCUT2D eigenvalue weighted by molar-refractivity contribution is 6.34. The van der Waals surface area contributed by atoms with E-state index < -0.39 is 0 Å². The molecule has 0 bridgehead atoms. The topological polar surface area (TPSA) is 47.4 Å². The second-order valence-electron chi connectivity index (χ2n) is 5.62. The highest BCUT2D eigenvalue weighted by Gasteiger charge is 2.21. The lowest BCUT2D eigenvalue weighted by Crippen LogP contribution is -2.38. The summed E-state index contributed by atoms with van der Waals surface area (Å²) < 4.78 is 7.18. The van der Waals surface area contributed by atoms with E-state index in [1.165, 1.54) is 0 Å². The minimum atomic E-state index is -0.0780. The van der Waals surface area contributed by atoms with Crippen molar-refractivity contribution in [1.82, 2.24) is 14.7 Å². The average Bonchev–Trinajstić information content (AvgIpc) is 2.88. The quantitative estimate of drug-likeness (QED) is 0.760. The Morgan fingerprint density at radius 3 is 2.54 bits per heavy atom. The van der Waals surface area contributed by atoms with Crippen LogP contribution in [0.25, 0.3) is 0 Å². The molecule has 3 rings (SSSR count). The van der Waals surface area contributed by atoms with E-state index in [-0.39, 0.29) is 23.3 Å². The number of benzene rings is 1. The Labute approximate surface area is 153 Å². The SMILES string of the molecule is Cc1c(C(=O)c2ccccc2)c(Cl)nn1CCN1CCOCC1.Cl. The first-order chi connectivity index (χ1) is 11.2. The summed E-state index contributed by atoms with van der Waals surface area (Å²) in [5, 5.41) is 4.62. The van der Waals surface area contributed by atoms with Gasteiger partial charge in [-0.15, -0.1) is 12.4 Å². The molecule has 0 radical (unpaired) electrons. The van der Waals surface area contributed by atoms with E-state index in [9.17, 15) is 4.79 Å². The number of halogens is 2. The molecule has 1 fully saturated rings. The summed E-state index contributed by atoms with van der Waals surface area (Å²) in [6.45, 7) is 6.91. The Morgan fingerprint density at radius 2 is 1.88 bits per heavy atom. The van der Waals surface area contributed by atoms with Crippen molar-refractivity contribution < 1.29 is 9.53 Å². The number of ether oxygens (including phenoxy) is 1. The summed E-state index contributed by atoms with van der Waals surface area (Å²) in [5.41, 5.74) is 1.95. The predicted molar refractivity (Wildman–Crippen MR) is 96.4 cm³/mol. The van der Waals surface area contributed by atoms with Crippen LogP contribution in [-0.4, -0.2) is 53.3 Å². The van der Waals surface area contributed by atoms with E-state index in [0.29, 0.717) is 17.7 Å². The summed E-state index contributed by atoms with van der Waals surface area (Å²) in [7, 11) is 0. The predicted octanol–water partition coefficient (Wildman–Crippen LogP) is 2.83. The summed E-state index contributed by atoms with van der Waals surface area (Å²) in [6.07, 6.45) is 0. The number of carbonyl (C=O) groups is 1. The van der Waals surface area contributed by atoms with Gasteiger partial charge >= 0.3 is 0 Å². The molecule has 0 saturated carbocycles. The third-order valence-electron chi connectivity index (χ3n) is 4.16. The lowest BCUT2D eigenvalue weighted by molar-refractivity contribution is 0.0359. The monoisotopic (exact) mass is 369 g/mol. The number of ketones is 1. The van der Waals surface area contributed by atoms with E-state index in [0.717, 1.165) is 38.5 Å². The lowest BCUT2D eigenvalue weighted by atomic mass is 10.0. The lowest BCUT2D eigenvalue weighted by Gasteiger charge is -2.26. The van der Waals surface area contributed by atoms with Crippen molar-refractivity contribution in [2.75, 3.05) is 32.8 Å². The van der Waals surface area contributed by atoms with Crippen LogP contribution in [0.15, 0.2) is 30.3 Å². The van der Waals surface area contributed by atoms with E-state index in [1.807, 2.05) is 29.8 Å². The van der Waals surface area contributed by atoms with Crippen LogP contribution in [-0.2, 0) is 11.3 Å². The van der Waals surface area contributed by atoms with Gasteiger partial charge in [-0.1, -0.05) is 41.9 Å². The fourth-order valence-corrected chi connectivity index (χ4v) is 3.09. The van der Waals surface area contributed by atoms with Crippen LogP contribution in [0.4, 0.5) is 0 Å². The molecule has 0 spiro atoms. The van der Waals surface area contributed by atoms with Crippen molar-refractivity contribution in [2.45, 2.75) is 13.5 Å². The van der Waals surface area contributed by atoms with Gasteiger partial charge in [-0.25, -0.2) is 0 Å². The number of hydrogen-bond acceptors (Lipinski definition) is 4. The normalized spacial score (nSPS) is 15.1. The van der Waals surface area contributed by atoms with Crippen LogP contribution < -0.4 is 0 Å². The standard InChI is InChI=1S/C17H20ClN3O2.ClH/c1-13-15(16(22)14-5-3-2-4-6-14)17(18)19-21(13)8-7-20-9-11-23-12-10-20;/h2-6H,7-12H2,1H3;1H. The number of morpholine rings is 1. The van der Waals surface area contributed by atoms with Gasteiger partial charge in [0.2, 0.25) is 0 Å². The molecule has 7 heteroatoms. The molecule has 0 aliphatic carbocycles. The smallest absolute Gasteiger partial charge is 0.198 e. The van der Waals surface area contributed by atoms with Gasteiger partial charge in [0.1, 0.15) is 0 Å². The van der Waals surface area contributed by atoms with Crippen LogP contribution in [0, 0.1) is 6.92 Å². The maximum absolute atomic E-state index is 12.6. The first-order valence-electron chi connectivity index (χ1n) is 7.79. The molecule has 1 aliphatic rings. The number of nitrogens with zero attached hydrogens (tertiary/aromatic N) is 3. The zero-order valence-corrected chi connectivity index (χ0v) is 15.1. The van der Waals surface area contributed by atoms with Crippen LogP contribution in [0.1, 0.15) is 21.6 Å².